The van der Waals surface area contributed by atoms with E-state index in [1.165, 1.54) is 0 Å². The molecule has 23 heavy (non-hydrogen) atoms. The molecule has 1 aromatic carbocycles. The topological polar surface area (TPSA) is 79.6 Å². The average Bonchev–Trinajstić information content (AvgIpc) is 2.58. The van der Waals surface area contributed by atoms with Gasteiger partial charge in [-0.3, -0.25) is 4.90 Å². The smallest absolute Gasteiger partial charge is 0.321 e. The summed E-state index contributed by atoms with van der Waals surface area (Å²) < 4.78 is 0. The number of nitriles is 1. The van der Waals surface area contributed by atoms with E-state index in [4.69, 9.17) is 5.26 Å². The second kappa shape index (κ2) is 8.51. The first-order valence-corrected chi connectivity index (χ1v) is 8.04. The molecule has 1 aliphatic heterocycles. The van der Waals surface area contributed by atoms with Crippen LogP contribution >= 0.6 is 0 Å². The van der Waals surface area contributed by atoms with Crippen molar-refractivity contribution in [2.45, 2.75) is 25.8 Å². The fourth-order valence-electron chi connectivity index (χ4n) is 2.79. The first kappa shape index (κ1) is 17.3. The molecule has 0 spiro atoms. The maximum Gasteiger partial charge on any atom is 0.321 e. The van der Waals surface area contributed by atoms with Gasteiger partial charge < -0.3 is 15.3 Å². The highest BCUT2D eigenvalue weighted by Gasteiger charge is 2.24. The van der Waals surface area contributed by atoms with Crippen molar-refractivity contribution in [3.63, 3.8) is 0 Å². The molecule has 0 bridgehead atoms. The summed E-state index contributed by atoms with van der Waals surface area (Å²) in [7, 11) is 0. The Morgan fingerprint density at radius 2 is 1.96 bits per heavy atom. The molecular formula is C17H24N4O2. The number of urea groups is 1. The van der Waals surface area contributed by atoms with Crippen LogP contribution in [0.1, 0.15) is 18.9 Å². The van der Waals surface area contributed by atoms with Crippen molar-refractivity contribution in [2.24, 2.45) is 0 Å². The van der Waals surface area contributed by atoms with Crippen molar-refractivity contribution in [1.29, 1.82) is 5.26 Å². The van der Waals surface area contributed by atoms with E-state index < -0.39 is 0 Å². The van der Waals surface area contributed by atoms with E-state index in [0.717, 1.165) is 30.8 Å². The van der Waals surface area contributed by atoms with Crippen LogP contribution in [0.4, 0.5) is 10.5 Å². The van der Waals surface area contributed by atoms with Gasteiger partial charge in [-0.25, -0.2) is 4.79 Å². The second-order valence-corrected chi connectivity index (χ2v) is 5.73. The number of benzene rings is 1. The fraction of sp³-hybridized carbons (Fsp3) is 0.529. The number of carbonyl (C=O) groups is 1. The minimum atomic E-state index is -0.102. The van der Waals surface area contributed by atoms with Gasteiger partial charge in [0.15, 0.2) is 0 Å². The highest BCUT2D eigenvalue weighted by Crippen LogP contribution is 2.13. The van der Waals surface area contributed by atoms with Crippen molar-refractivity contribution in [3.8, 4) is 6.07 Å². The Morgan fingerprint density at radius 1 is 1.30 bits per heavy atom. The summed E-state index contributed by atoms with van der Waals surface area (Å²) in [6.45, 7) is 5.12. The van der Waals surface area contributed by atoms with E-state index in [-0.39, 0.29) is 18.7 Å². The van der Waals surface area contributed by atoms with Crippen LogP contribution < -0.4 is 5.32 Å². The summed E-state index contributed by atoms with van der Waals surface area (Å²) >= 11 is 0. The number of aliphatic hydroxyl groups is 1. The van der Waals surface area contributed by atoms with E-state index in [1.807, 2.05) is 24.3 Å². The number of aliphatic hydroxyl groups excluding tert-OH is 1. The Morgan fingerprint density at radius 3 is 2.48 bits per heavy atom. The van der Waals surface area contributed by atoms with Gasteiger partial charge >= 0.3 is 6.03 Å². The van der Waals surface area contributed by atoms with Crippen LogP contribution in [-0.4, -0.2) is 59.8 Å². The van der Waals surface area contributed by atoms with E-state index in [1.54, 1.807) is 4.90 Å². The molecule has 1 aliphatic rings. The van der Waals surface area contributed by atoms with Gasteiger partial charge in [0.25, 0.3) is 0 Å². The van der Waals surface area contributed by atoms with Crippen molar-refractivity contribution < 1.29 is 9.90 Å². The second-order valence-electron chi connectivity index (χ2n) is 5.73. The maximum absolute atomic E-state index is 12.3. The summed E-state index contributed by atoms with van der Waals surface area (Å²) in [5.74, 6) is 0. The van der Waals surface area contributed by atoms with Gasteiger partial charge in [0.1, 0.15) is 0 Å². The molecule has 1 heterocycles. The van der Waals surface area contributed by atoms with Gasteiger partial charge in [-0.1, -0.05) is 19.1 Å². The molecule has 1 unspecified atom stereocenters. The first-order chi connectivity index (χ1) is 11.2. The molecular weight excluding hydrogens is 292 g/mol. The normalized spacial score (nSPS) is 16.7. The molecule has 6 heteroatoms. The Labute approximate surface area is 137 Å². The third-order valence-corrected chi connectivity index (χ3v) is 4.29. The molecule has 0 aliphatic carbocycles. The van der Waals surface area contributed by atoms with Gasteiger partial charge in [-0.05, 0) is 24.1 Å². The number of hydrogen-bond acceptors (Lipinski definition) is 4. The van der Waals surface area contributed by atoms with E-state index >= 15 is 0 Å². The van der Waals surface area contributed by atoms with Crippen molar-refractivity contribution in [3.05, 3.63) is 29.8 Å². The third kappa shape index (κ3) is 4.68. The van der Waals surface area contributed by atoms with Gasteiger partial charge in [-0.15, -0.1) is 0 Å². The molecule has 2 rings (SSSR count). The number of nitrogens with one attached hydrogen (secondary N) is 1. The summed E-state index contributed by atoms with van der Waals surface area (Å²) in [6, 6.07) is 9.53. The summed E-state index contributed by atoms with van der Waals surface area (Å²) in [5, 5.41) is 20.9. The molecule has 0 saturated carbocycles. The molecule has 1 saturated heterocycles. The Balaban J connectivity index is 1.84. The minimum absolute atomic E-state index is 0.102. The highest BCUT2D eigenvalue weighted by molar-refractivity contribution is 5.89. The van der Waals surface area contributed by atoms with E-state index in [9.17, 15) is 9.90 Å². The Bertz CT molecular complexity index is 541. The van der Waals surface area contributed by atoms with Crippen LogP contribution in [0.15, 0.2) is 24.3 Å². The number of nitrogens with zero attached hydrogens (tertiary/aromatic N) is 3. The van der Waals surface area contributed by atoms with Crippen LogP contribution in [0.25, 0.3) is 0 Å². The number of rotatable bonds is 5. The molecule has 0 radical (unpaired) electrons. The SMILES string of the molecule is CCC(CO)N1CCN(C(=O)Nc2ccc(CC#N)cc2)CC1. The lowest BCUT2D eigenvalue weighted by Gasteiger charge is -2.38. The van der Waals surface area contributed by atoms with Crippen LogP contribution in [0, 0.1) is 11.3 Å². The number of anilines is 1. The molecule has 1 atom stereocenters. The van der Waals surface area contributed by atoms with Crippen LogP contribution in [0.5, 0.6) is 0 Å². The van der Waals surface area contributed by atoms with Crippen molar-refractivity contribution in [2.75, 3.05) is 38.1 Å². The van der Waals surface area contributed by atoms with E-state index in [2.05, 4.69) is 23.2 Å². The Kier molecular flexibility index (Phi) is 6.39. The van der Waals surface area contributed by atoms with Gasteiger partial charge in [0, 0.05) is 37.9 Å². The zero-order valence-electron chi connectivity index (χ0n) is 13.5. The standard InChI is InChI=1S/C17H24N4O2/c1-2-16(13-22)20-9-11-21(12-10-20)17(23)19-15-5-3-14(4-6-15)7-8-18/h3-6,16,22H,2,7,9-13H2,1H3,(H,19,23). The molecule has 2 N–H and O–H groups in total. The monoisotopic (exact) mass is 316 g/mol. The predicted octanol–water partition coefficient (Wildman–Crippen LogP) is 1.67. The number of hydrogen-bond donors (Lipinski definition) is 2. The molecule has 6 nitrogen and oxygen atoms in total. The Hall–Kier alpha value is -2.10. The first-order valence-electron chi connectivity index (χ1n) is 8.04. The molecule has 2 amide bonds. The summed E-state index contributed by atoms with van der Waals surface area (Å²) in [4.78, 5) is 16.3. The summed E-state index contributed by atoms with van der Waals surface area (Å²) in [6.07, 6.45) is 1.29. The zero-order valence-corrected chi connectivity index (χ0v) is 13.5. The lowest BCUT2D eigenvalue weighted by Crippen LogP contribution is -2.53. The van der Waals surface area contributed by atoms with Gasteiger partial charge in [-0.2, -0.15) is 5.26 Å². The molecule has 124 valence electrons. The highest BCUT2D eigenvalue weighted by atomic mass is 16.3. The number of carbonyl (C=O) groups excluding carboxylic acids is 1. The zero-order chi connectivity index (χ0) is 16.7. The molecule has 1 fully saturated rings. The number of amides is 2. The van der Waals surface area contributed by atoms with E-state index in [0.29, 0.717) is 19.5 Å². The van der Waals surface area contributed by atoms with Crippen LogP contribution in [0.2, 0.25) is 0 Å². The maximum atomic E-state index is 12.3. The van der Waals surface area contributed by atoms with Crippen LogP contribution in [-0.2, 0) is 6.42 Å². The average molecular weight is 316 g/mol. The minimum Gasteiger partial charge on any atom is -0.395 e. The summed E-state index contributed by atoms with van der Waals surface area (Å²) in [5.41, 5.74) is 1.68. The number of piperazine rings is 1. The van der Waals surface area contributed by atoms with Crippen LogP contribution in [0.3, 0.4) is 0 Å². The van der Waals surface area contributed by atoms with Gasteiger partial charge in [0.2, 0.25) is 0 Å². The van der Waals surface area contributed by atoms with Gasteiger partial charge in [0.05, 0.1) is 19.1 Å². The van der Waals surface area contributed by atoms with Crippen molar-refractivity contribution in [1.82, 2.24) is 9.80 Å². The molecule has 0 aromatic heterocycles. The largest absolute Gasteiger partial charge is 0.395 e. The molecule has 1 aromatic rings. The quantitative estimate of drug-likeness (QED) is 0.866. The van der Waals surface area contributed by atoms with Crippen molar-refractivity contribution >= 4 is 11.7 Å². The third-order valence-electron chi connectivity index (χ3n) is 4.29. The fourth-order valence-corrected chi connectivity index (χ4v) is 2.79. The predicted molar refractivity (Wildman–Crippen MR) is 89.1 cm³/mol. The lowest BCUT2D eigenvalue weighted by atomic mass is 10.1. The lowest BCUT2D eigenvalue weighted by molar-refractivity contribution is 0.0766.